The number of amides is 1. The number of carbonyl (C=O) groups excluding carboxylic acids is 1. The van der Waals surface area contributed by atoms with Gasteiger partial charge in [-0.2, -0.15) is 0 Å². The quantitative estimate of drug-likeness (QED) is 0.920. The van der Waals surface area contributed by atoms with Crippen molar-refractivity contribution < 1.29 is 13.2 Å². The van der Waals surface area contributed by atoms with Gasteiger partial charge in [0.05, 0.1) is 18.5 Å². The summed E-state index contributed by atoms with van der Waals surface area (Å²) in [7, 11) is -3.26. The molecule has 3 rings (SSSR count). The third kappa shape index (κ3) is 3.25. The van der Waals surface area contributed by atoms with Crippen LogP contribution in [0.5, 0.6) is 0 Å². The second-order valence-electron chi connectivity index (χ2n) is 5.64. The number of nitrogens with one attached hydrogen (secondary N) is 1. The van der Waals surface area contributed by atoms with E-state index >= 15 is 0 Å². The van der Waals surface area contributed by atoms with Gasteiger partial charge < -0.3 is 5.32 Å². The van der Waals surface area contributed by atoms with E-state index in [0.29, 0.717) is 30.8 Å². The van der Waals surface area contributed by atoms with Gasteiger partial charge in [-0.25, -0.2) is 8.42 Å². The van der Waals surface area contributed by atoms with Crippen molar-refractivity contribution in [1.29, 1.82) is 0 Å². The Morgan fingerprint density at radius 2 is 2.13 bits per heavy atom. The summed E-state index contributed by atoms with van der Waals surface area (Å²) in [5.74, 6) is -0.140. The molecule has 7 heteroatoms. The number of benzene rings is 1. The molecule has 0 bridgehead atoms. The first-order chi connectivity index (χ1) is 10.9. The number of fused-ring (bicyclic) bond motifs is 1. The van der Waals surface area contributed by atoms with Crippen LogP contribution >= 0.6 is 11.3 Å². The van der Waals surface area contributed by atoms with Crippen LogP contribution in [0.25, 0.3) is 0 Å². The normalized spacial score (nSPS) is 13.9. The van der Waals surface area contributed by atoms with Gasteiger partial charge in [0.2, 0.25) is 10.0 Å². The van der Waals surface area contributed by atoms with Crippen molar-refractivity contribution in [2.24, 2.45) is 0 Å². The third-order valence-electron chi connectivity index (χ3n) is 3.97. The molecule has 0 fully saturated rings. The minimum absolute atomic E-state index is 0.140. The molecule has 0 unspecified atom stereocenters. The Bertz CT molecular complexity index is 856. The lowest BCUT2D eigenvalue weighted by Gasteiger charge is -2.16. The van der Waals surface area contributed by atoms with Gasteiger partial charge in [0.25, 0.3) is 5.91 Å². The Balaban J connectivity index is 1.75. The predicted molar refractivity (Wildman–Crippen MR) is 92.6 cm³/mol. The highest BCUT2D eigenvalue weighted by Gasteiger charge is 2.26. The summed E-state index contributed by atoms with van der Waals surface area (Å²) in [6.07, 6.45) is 1.83. The number of hydrogen-bond donors (Lipinski definition) is 1. The second-order valence-corrected chi connectivity index (χ2v) is 8.55. The number of sulfonamides is 1. The summed E-state index contributed by atoms with van der Waals surface area (Å²) >= 11 is 1.62. The molecule has 1 aromatic heterocycles. The van der Waals surface area contributed by atoms with Gasteiger partial charge in [0.1, 0.15) is 0 Å². The Hall–Kier alpha value is -1.86. The molecule has 2 aromatic rings. The minimum atomic E-state index is -3.26. The summed E-state index contributed by atoms with van der Waals surface area (Å²) in [4.78, 5) is 13.4. The molecule has 1 amide bonds. The number of aryl methyl sites for hydroxylation is 1. The monoisotopic (exact) mass is 350 g/mol. The molecule has 122 valence electrons. The fourth-order valence-electron chi connectivity index (χ4n) is 2.71. The summed E-state index contributed by atoms with van der Waals surface area (Å²) in [5, 5.41) is 4.92. The van der Waals surface area contributed by atoms with Gasteiger partial charge in [0, 0.05) is 17.0 Å². The topological polar surface area (TPSA) is 66.5 Å². The number of carbonyl (C=O) groups is 1. The molecular formula is C16H18N2O3S2. The van der Waals surface area contributed by atoms with Crippen LogP contribution in [-0.4, -0.2) is 27.1 Å². The molecule has 0 radical (unpaired) electrons. The van der Waals surface area contributed by atoms with Gasteiger partial charge in [-0.3, -0.25) is 9.10 Å². The molecule has 0 saturated carbocycles. The smallest absolute Gasteiger partial charge is 0.251 e. The average Bonchev–Trinajstić information content (AvgIpc) is 3.09. The number of rotatable bonds is 4. The number of hydrogen-bond acceptors (Lipinski definition) is 4. The number of anilines is 1. The fraction of sp³-hybridized carbons (Fsp3) is 0.312. The third-order valence-corrected chi connectivity index (χ3v) is 6.18. The maximum Gasteiger partial charge on any atom is 0.251 e. The standard InChI is InChI=1S/C16H18N2O3S2/c1-11-6-8-22-15(11)10-17-16(19)13-3-4-14-12(9-13)5-7-18(14)23(2,20)21/h3-4,6,8-9H,5,7,10H2,1-2H3,(H,17,19). The highest BCUT2D eigenvalue weighted by molar-refractivity contribution is 7.92. The highest BCUT2D eigenvalue weighted by atomic mass is 32.2. The van der Waals surface area contributed by atoms with Crippen LogP contribution in [0.2, 0.25) is 0 Å². The molecule has 0 atom stereocenters. The molecule has 1 aliphatic heterocycles. The Morgan fingerprint density at radius 1 is 1.35 bits per heavy atom. The maximum atomic E-state index is 12.3. The van der Waals surface area contributed by atoms with Crippen molar-refractivity contribution >= 4 is 33.0 Å². The maximum absolute atomic E-state index is 12.3. The lowest BCUT2D eigenvalue weighted by molar-refractivity contribution is 0.0951. The van der Waals surface area contributed by atoms with Gasteiger partial charge in [-0.15, -0.1) is 11.3 Å². The van der Waals surface area contributed by atoms with Crippen molar-refractivity contribution in [3.05, 3.63) is 51.2 Å². The van der Waals surface area contributed by atoms with Gasteiger partial charge in [-0.1, -0.05) is 0 Å². The molecule has 1 aromatic carbocycles. The van der Waals surface area contributed by atoms with Crippen molar-refractivity contribution in [3.8, 4) is 0 Å². The predicted octanol–water partition coefficient (Wildman–Crippen LogP) is 2.31. The molecular weight excluding hydrogens is 332 g/mol. The van der Waals surface area contributed by atoms with Crippen molar-refractivity contribution in [2.75, 3.05) is 17.1 Å². The van der Waals surface area contributed by atoms with Crippen molar-refractivity contribution in [3.63, 3.8) is 0 Å². The van der Waals surface area contributed by atoms with Crippen molar-refractivity contribution in [2.45, 2.75) is 19.9 Å². The van der Waals surface area contributed by atoms with Gasteiger partial charge >= 0.3 is 0 Å². The largest absolute Gasteiger partial charge is 0.347 e. The van der Waals surface area contributed by atoms with E-state index in [4.69, 9.17) is 0 Å². The fourth-order valence-corrected chi connectivity index (χ4v) is 4.51. The van der Waals surface area contributed by atoms with E-state index in [-0.39, 0.29) is 5.91 Å². The zero-order chi connectivity index (χ0) is 16.6. The van der Waals surface area contributed by atoms with Crippen LogP contribution in [0.4, 0.5) is 5.69 Å². The molecule has 0 saturated heterocycles. The van der Waals surface area contributed by atoms with Crippen LogP contribution in [0.1, 0.15) is 26.4 Å². The van der Waals surface area contributed by atoms with Crippen LogP contribution in [0.3, 0.4) is 0 Å². The van der Waals surface area contributed by atoms with Crippen molar-refractivity contribution in [1.82, 2.24) is 5.32 Å². The molecule has 1 N–H and O–H groups in total. The number of nitrogens with zero attached hydrogens (tertiary/aromatic N) is 1. The molecule has 0 spiro atoms. The summed E-state index contributed by atoms with van der Waals surface area (Å²) < 4.78 is 24.8. The summed E-state index contributed by atoms with van der Waals surface area (Å²) in [5.41, 5.74) is 3.31. The van der Waals surface area contributed by atoms with E-state index in [1.54, 1.807) is 29.5 Å². The molecule has 23 heavy (non-hydrogen) atoms. The van der Waals surface area contributed by atoms with E-state index in [0.717, 1.165) is 10.4 Å². The van der Waals surface area contributed by atoms with Crippen LogP contribution < -0.4 is 9.62 Å². The molecule has 2 heterocycles. The lowest BCUT2D eigenvalue weighted by atomic mass is 10.1. The first kappa shape index (κ1) is 16.0. The molecule has 5 nitrogen and oxygen atoms in total. The van der Waals surface area contributed by atoms with Crippen LogP contribution in [0.15, 0.2) is 29.6 Å². The first-order valence-electron chi connectivity index (χ1n) is 7.28. The summed E-state index contributed by atoms with van der Waals surface area (Å²) in [6.45, 7) is 2.97. The van der Waals surface area contributed by atoms with E-state index in [1.807, 2.05) is 18.4 Å². The van der Waals surface area contributed by atoms with E-state index in [2.05, 4.69) is 5.32 Å². The highest BCUT2D eigenvalue weighted by Crippen LogP contribution is 2.30. The molecule has 1 aliphatic rings. The lowest BCUT2D eigenvalue weighted by Crippen LogP contribution is -2.27. The van der Waals surface area contributed by atoms with Gasteiger partial charge in [0.15, 0.2) is 0 Å². The average molecular weight is 350 g/mol. The Labute approximate surface area is 140 Å². The number of thiophene rings is 1. The Morgan fingerprint density at radius 3 is 2.78 bits per heavy atom. The molecule has 0 aliphatic carbocycles. The van der Waals surface area contributed by atoms with Crippen LogP contribution in [-0.2, 0) is 23.0 Å². The van der Waals surface area contributed by atoms with E-state index in [9.17, 15) is 13.2 Å². The summed E-state index contributed by atoms with van der Waals surface area (Å²) in [6, 6.07) is 7.21. The Kier molecular flexibility index (Phi) is 4.16. The second kappa shape index (κ2) is 5.98. The zero-order valence-corrected chi connectivity index (χ0v) is 14.6. The first-order valence-corrected chi connectivity index (χ1v) is 10.0. The van der Waals surface area contributed by atoms with Crippen LogP contribution in [0, 0.1) is 6.92 Å². The minimum Gasteiger partial charge on any atom is -0.347 e. The van der Waals surface area contributed by atoms with E-state index < -0.39 is 10.0 Å². The van der Waals surface area contributed by atoms with E-state index in [1.165, 1.54) is 16.1 Å². The zero-order valence-electron chi connectivity index (χ0n) is 13.0. The SMILES string of the molecule is Cc1ccsc1CNC(=O)c1ccc2c(c1)CCN2S(C)(=O)=O. The van der Waals surface area contributed by atoms with Gasteiger partial charge in [-0.05, 0) is 54.1 Å².